The second-order valence-electron chi connectivity index (χ2n) is 4.31. The first-order chi connectivity index (χ1) is 9.58. The maximum atomic E-state index is 12.0. The molecule has 0 saturated heterocycles. The molecule has 1 amide bonds. The van der Waals surface area contributed by atoms with Crippen molar-refractivity contribution in [1.82, 2.24) is 20.1 Å². The quantitative estimate of drug-likeness (QED) is 0.840. The number of aromatic carboxylic acids is 1. The van der Waals surface area contributed by atoms with E-state index in [1.807, 2.05) is 6.92 Å². The molecule has 7 heteroatoms. The van der Waals surface area contributed by atoms with Crippen LogP contribution < -0.4 is 5.32 Å². The summed E-state index contributed by atoms with van der Waals surface area (Å²) in [6.07, 6.45) is 4.82. The monoisotopic (exact) mass is 274 g/mol. The molecule has 2 N–H and O–H groups in total. The molecule has 0 aromatic carbocycles. The van der Waals surface area contributed by atoms with Crippen LogP contribution in [0.25, 0.3) is 0 Å². The number of aromatic nitrogens is 3. The van der Waals surface area contributed by atoms with Crippen LogP contribution in [-0.4, -0.2) is 37.8 Å². The number of nitrogens with one attached hydrogen (secondary N) is 1. The van der Waals surface area contributed by atoms with Gasteiger partial charge in [0.15, 0.2) is 0 Å². The van der Waals surface area contributed by atoms with Crippen molar-refractivity contribution in [3.8, 4) is 0 Å². The van der Waals surface area contributed by atoms with Gasteiger partial charge in [0.05, 0.1) is 12.1 Å². The third kappa shape index (κ3) is 3.19. The summed E-state index contributed by atoms with van der Waals surface area (Å²) < 4.78 is 1.68. The Bertz CT molecular complexity index is 610. The first-order valence-corrected chi connectivity index (χ1v) is 6.04. The van der Waals surface area contributed by atoms with Crippen LogP contribution in [0.4, 0.5) is 0 Å². The van der Waals surface area contributed by atoms with E-state index in [-0.39, 0.29) is 17.3 Å². The molecule has 0 saturated carbocycles. The molecular formula is C13H14N4O3. The van der Waals surface area contributed by atoms with Gasteiger partial charge in [0.1, 0.15) is 5.69 Å². The van der Waals surface area contributed by atoms with Crippen LogP contribution in [0.3, 0.4) is 0 Å². The molecule has 0 aliphatic heterocycles. The third-order valence-electron chi connectivity index (χ3n) is 2.65. The van der Waals surface area contributed by atoms with Crippen LogP contribution in [0.15, 0.2) is 36.8 Å². The lowest BCUT2D eigenvalue weighted by Crippen LogP contribution is -2.37. The number of nitrogens with zero attached hydrogens (tertiary/aromatic N) is 3. The third-order valence-corrected chi connectivity index (χ3v) is 2.65. The summed E-state index contributed by atoms with van der Waals surface area (Å²) in [4.78, 5) is 26.9. The van der Waals surface area contributed by atoms with Crippen LogP contribution in [0.2, 0.25) is 0 Å². The zero-order valence-electron chi connectivity index (χ0n) is 10.9. The van der Waals surface area contributed by atoms with Gasteiger partial charge in [0.2, 0.25) is 0 Å². The van der Waals surface area contributed by atoms with Gasteiger partial charge in [-0.3, -0.25) is 14.5 Å². The first kappa shape index (κ1) is 13.7. The van der Waals surface area contributed by atoms with Gasteiger partial charge in [-0.2, -0.15) is 5.10 Å². The molecule has 20 heavy (non-hydrogen) atoms. The van der Waals surface area contributed by atoms with Crippen molar-refractivity contribution in [2.24, 2.45) is 0 Å². The normalized spacial score (nSPS) is 11.8. The molecule has 1 atom stereocenters. The zero-order valence-corrected chi connectivity index (χ0v) is 10.9. The summed E-state index contributed by atoms with van der Waals surface area (Å²) in [5, 5.41) is 15.8. The molecule has 0 bridgehead atoms. The first-order valence-electron chi connectivity index (χ1n) is 6.04. The standard InChI is InChI=1S/C13H14N4O3/c1-9(8-17-7-3-6-15-17)16-12(18)11-10(13(19)20)4-2-5-14-11/h2-7,9H,8H2,1H3,(H,16,18)(H,19,20). The molecule has 104 valence electrons. The van der Waals surface area contributed by atoms with E-state index >= 15 is 0 Å². The number of rotatable bonds is 5. The highest BCUT2D eigenvalue weighted by atomic mass is 16.4. The SMILES string of the molecule is CC(Cn1cccn1)NC(=O)c1ncccc1C(=O)O. The molecule has 0 spiro atoms. The van der Waals surface area contributed by atoms with Gasteiger partial charge >= 0.3 is 5.97 Å². The smallest absolute Gasteiger partial charge is 0.338 e. The molecule has 1 unspecified atom stereocenters. The Balaban J connectivity index is 2.06. The fourth-order valence-corrected chi connectivity index (χ4v) is 1.79. The van der Waals surface area contributed by atoms with E-state index in [9.17, 15) is 9.59 Å². The van der Waals surface area contributed by atoms with Crippen molar-refractivity contribution in [3.63, 3.8) is 0 Å². The van der Waals surface area contributed by atoms with Crippen LogP contribution in [0.5, 0.6) is 0 Å². The van der Waals surface area contributed by atoms with Crippen molar-refractivity contribution in [3.05, 3.63) is 48.0 Å². The second-order valence-corrected chi connectivity index (χ2v) is 4.31. The fraction of sp³-hybridized carbons (Fsp3) is 0.231. The molecule has 2 rings (SSSR count). The average Bonchev–Trinajstić information content (AvgIpc) is 2.91. The van der Waals surface area contributed by atoms with Crippen molar-refractivity contribution < 1.29 is 14.7 Å². The fourth-order valence-electron chi connectivity index (χ4n) is 1.79. The lowest BCUT2D eigenvalue weighted by atomic mass is 10.2. The highest BCUT2D eigenvalue weighted by Crippen LogP contribution is 2.05. The number of pyridine rings is 1. The number of amides is 1. The molecule has 0 fully saturated rings. The largest absolute Gasteiger partial charge is 0.478 e. The highest BCUT2D eigenvalue weighted by molar-refractivity contribution is 6.03. The van der Waals surface area contributed by atoms with E-state index in [4.69, 9.17) is 5.11 Å². The average molecular weight is 274 g/mol. The van der Waals surface area contributed by atoms with Crippen LogP contribution in [0.1, 0.15) is 27.8 Å². The number of carboxylic acid groups (broad SMARTS) is 1. The number of carbonyl (C=O) groups is 2. The van der Waals surface area contributed by atoms with Gasteiger partial charge in [-0.15, -0.1) is 0 Å². The molecule has 0 radical (unpaired) electrons. The van der Waals surface area contributed by atoms with Crippen molar-refractivity contribution >= 4 is 11.9 Å². The highest BCUT2D eigenvalue weighted by Gasteiger charge is 2.19. The van der Waals surface area contributed by atoms with Gasteiger partial charge in [-0.05, 0) is 25.1 Å². The van der Waals surface area contributed by atoms with Crippen molar-refractivity contribution in [2.45, 2.75) is 19.5 Å². The van der Waals surface area contributed by atoms with E-state index < -0.39 is 11.9 Å². The summed E-state index contributed by atoms with van der Waals surface area (Å²) in [6.45, 7) is 2.30. The molecule has 0 aliphatic carbocycles. The number of hydrogen-bond donors (Lipinski definition) is 2. The van der Waals surface area contributed by atoms with Gasteiger partial charge in [0, 0.05) is 24.6 Å². The summed E-state index contributed by atoms with van der Waals surface area (Å²) in [5.41, 5.74) is -0.205. The van der Waals surface area contributed by atoms with E-state index in [0.717, 1.165) is 0 Å². The maximum absolute atomic E-state index is 12.0. The Morgan fingerprint density at radius 3 is 2.85 bits per heavy atom. The van der Waals surface area contributed by atoms with Gasteiger partial charge in [0.25, 0.3) is 5.91 Å². The topological polar surface area (TPSA) is 97.1 Å². The van der Waals surface area contributed by atoms with Crippen LogP contribution >= 0.6 is 0 Å². The van der Waals surface area contributed by atoms with E-state index in [0.29, 0.717) is 6.54 Å². The molecule has 2 heterocycles. The lowest BCUT2D eigenvalue weighted by molar-refractivity contribution is 0.0689. The minimum atomic E-state index is -1.18. The summed E-state index contributed by atoms with van der Waals surface area (Å²) in [6, 6.07) is 4.41. The maximum Gasteiger partial charge on any atom is 0.338 e. The lowest BCUT2D eigenvalue weighted by Gasteiger charge is -2.14. The number of carbonyl (C=O) groups excluding carboxylic acids is 1. The Morgan fingerprint density at radius 1 is 1.40 bits per heavy atom. The number of carboxylic acids is 1. The van der Waals surface area contributed by atoms with Gasteiger partial charge in [-0.25, -0.2) is 4.79 Å². The molecule has 0 aliphatic rings. The molecular weight excluding hydrogens is 260 g/mol. The number of hydrogen-bond acceptors (Lipinski definition) is 4. The Morgan fingerprint density at radius 2 is 2.20 bits per heavy atom. The Labute approximate surface area is 115 Å². The van der Waals surface area contributed by atoms with Crippen molar-refractivity contribution in [2.75, 3.05) is 0 Å². The second kappa shape index (κ2) is 5.96. The van der Waals surface area contributed by atoms with Gasteiger partial charge in [-0.1, -0.05) is 0 Å². The molecule has 7 nitrogen and oxygen atoms in total. The minimum Gasteiger partial charge on any atom is -0.478 e. The Kier molecular flexibility index (Phi) is 4.09. The van der Waals surface area contributed by atoms with Crippen molar-refractivity contribution in [1.29, 1.82) is 0 Å². The van der Waals surface area contributed by atoms with E-state index in [2.05, 4.69) is 15.4 Å². The van der Waals surface area contributed by atoms with Crippen LogP contribution in [-0.2, 0) is 6.54 Å². The predicted octanol–water partition coefficient (Wildman–Crippen LogP) is 0.795. The zero-order chi connectivity index (χ0) is 14.5. The summed E-state index contributed by atoms with van der Waals surface area (Å²) in [7, 11) is 0. The van der Waals surface area contributed by atoms with E-state index in [1.165, 1.54) is 18.3 Å². The minimum absolute atomic E-state index is 0.0904. The van der Waals surface area contributed by atoms with Crippen LogP contribution in [0, 0.1) is 0 Å². The van der Waals surface area contributed by atoms with E-state index in [1.54, 1.807) is 23.1 Å². The molecule has 2 aromatic heterocycles. The van der Waals surface area contributed by atoms with Gasteiger partial charge < -0.3 is 10.4 Å². The predicted molar refractivity (Wildman–Crippen MR) is 70.4 cm³/mol. The Hall–Kier alpha value is -2.70. The summed E-state index contributed by atoms with van der Waals surface area (Å²) in [5.74, 6) is -1.69. The summed E-state index contributed by atoms with van der Waals surface area (Å²) >= 11 is 0. The molecule has 2 aromatic rings.